The van der Waals surface area contributed by atoms with Gasteiger partial charge in [-0.3, -0.25) is 9.59 Å². The SMILES string of the molecule is CN(C)c1ccc(N=Nc2ccc(C(=O)NCc3cn(CCOCCOC(CC(=O)NCCNc4cccc5c(S(=O)(=O)[O-])cccc45)O[C@H]4O[C@H](CO)[C@H](O)[C@H](O)[C@H]4O)nn3)cc2)cc1.[Na+]. The molecule has 22 nitrogen and oxygen atoms in total. The maximum Gasteiger partial charge on any atom is 1.00 e. The van der Waals surface area contributed by atoms with Crippen molar-refractivity contribution in [1.29, 1.82) is 0 Å². The topological polar surface area (TPSA) is 304 Å². The Morgan fingerprint density at radius 2 is 1.57 bits per heavy atom. The number of aliphatic hydroxyl groups excluding tert-OH is 4. The number of nitrogens with one attached hydrogen (secondary N) is 3. The van der Waals surface area contributed by atoms with Gasteiger partial charge in [-0.05, 0) is 60.7 Å². The fraction of sp³-hybridized carbons (Fsp3) is 0.395. The second-order valence-electron chi connectivity index (χ2n) is 15.2. The van der Waals surface area contributed by atoms with E-state index in [-0.39, 0.29) is 85.2 Å². The summed E-state index contributed by atoms with van der Waals surface area (Å²) < 4.78 is 59.4. The zero-order valence-electron chi connectivity index (χ0n) is 37.0. The second-order valence-corrected chi connectivity index (χ2v) is 16.5. The van der Waals surface area contributed by atoms with Gasteiger partial charge in [-0.25, -0.2) is 13.1 Å². The van der Waals surface area contributed by atoms with Crippen molar-refractivity contribution in [3.05, 3.63) is 102 Å². The Bertz CT molecular complexity index is 2520. The molecule has 0 spiro atoms. The minimum Gasteiger partial charge on any atom is -0.744 e. The van der Waals surface area contributed by atoms with Crippen LogP contribution in [0.3, 0.4) is 0 Å². The first kappa shape index (κ1) is 53.0. The van der Waals surface area contributed by atoms with E-state index in [1.165, 1.54) is 22.9 Å². The van der Waals surface area contributed by atoms with Gasteiger partial charge in [0.1, 0.15) is 40.2 Å². The number of hydrogen-bond donors (Lipinski definition) is 7. The number of fused-ring (bicyclic) bond motifs is 1. The number of benzene rings is 4. The van der Waals surface area contributed by atoms with Crippen LogP contribution in [-0.4, -0.2) is 151 Å². The van der Waals surface area contributed by atoms with Gasteiger partial charge in [0.25, 0.3) is 5.91 Å². The summed E-state index contributed by atoms with van der Waals surface area (Å²) in [6.07, 6.45) is -8.03. The molecule has 354 valence electrons. The van der Waals surface area contributed by atoms with Crippen LogP contribution in [0.5, 0.6) is 0 Å². The molecule has 1 fully saturated rings. The molecule has 7 N–H and O–H groups in total. The number of aromatic nitrogens is 3. The third-order valence-electron chi connectivity index (χ3n) is 10.2. The number of aliphatic hydroxyl groups is 4. The molecule has 5 aromatic rings. The third-order valence-corrected chi connectivity index (χ3v) is 11.1. The van der Waals surface area contributed by atoms with Gasteiger partial charge in [0.2, 0.25) is 5.91 Å². The number of hydrogen-bond acceptors (Lipinski definition) is 19. The van der Waals surface area contributed by atoms with Crippen molar-refractivity contribution in [3.63, 3.8) is 0 Å². The Hall–Kier alpha value is -4.99. The van der Waals surface area contributed by atoms with E-state index in [4.69, 9.17) is 18.9 Å². The van der Waals surface area contributed by atoms with E-state index in [9.17, 15) is 43.0 Å². The monoisotopic (exact) mass is 957 g/mol. The Balaban J connectivity index is 0.00000840. The van der Waals surface area contributed by atoms with Crippen LogP contribution in [0, 0.1) is 0 Å². The molecule has 0 aliphatic carbocycles. The van der Waals surface area contributed by atoms with Gasteiger partial charge < -0.3 is 64.8 Å². The Labute approximate surface area is 408 Å². The maximum atomic E-state index is 13.0. The van der Waals surface area contributed by atoms with Gasteiger partial charge in [0, 0.05) is 54.9 Å². The molecule has 1 aliphatic rings. The van der Waals surface area contributed by atoms with Crippen molar-refractivity contribution < 1.29 is 91.5 Å². The summed E-state index contributed by atoms with van der Waals surface area (Å²) >= 11 is 0. The van der Waals surface area contributed by atoms with Crippen molar-refractivity contribution in [1.82, 2.24) is 25.6 Å². The van der Waals surface area contributed by atoms with Crippen molar-refractivity contribution >= 4 is 55.5 Å². The van der Waals surface area contributed by atoms with Gasteiger partial charge in [-0.1, -0.05) is 29.5 Å². The van der Waals surface area contributed by atoms with E-state index in [2.05, 4.69) is 36.5 Å². The van der Waals surface area contributed by atoms with E-state index in [0.717, 1.165) is 5.69 Å². The van der Waals surface area contributed by atoms with Crippen LogP contribution < -0.4 is 50.4 Å². The summed E-state index contributed by atoms with van der Waals surface area (Å²) in [5.41, 5.74) is 3.82. The summed E-state index contributed by atoms with van der Waals surface area (Å²) in [5, 5.41) is 66.6. The zero-order valence-corrected chi connectivity index (χ0v) is 39.9. The molecular weight excluding hydrogens is 906 g/mol. The quantitative estimate of drug-likeness (QED) is 0.0129. The number of ether oxygens (including phenoxy) is 4. The molecule has 6 atom stereocenters. The van der Waals surface area contributed by atoms with Crippen LogP contribution in [0.1, 0.15) is 22.5 Å². The van der Waals surface area contributed by atoms with Crippen LogP contribution in [0.15, 0.2) is 106 Å². The van der Waals surface area contributed by atoms with Crippen molar-refractivity contribution in [2.75, 3.05) is 63.8 Å². The van der Waals surface area contributed by atoms with E-state index < -0.39 is 66.0 Å². The Morgan fingerprint density at radius 3 is 2.25 bits per heavy atom. The molecule has 1 aromatic heterocycles. The second kappa shape index (κ2) is 25.4. The van der Waals surface area contributed by atoms with Crippen molar-refractivity contribution in [2.45, 2.75) is 61.4 Å². The fourth-order valence-electron chi connectivity index (χ4n) is 6.66. The normalized spacial score (nSPS) is 18.9. The standard InChI is InChI=1S/C43H53N9O13S.Na/c1-51(2)31-15-13-29(14-16-31)48-47-28-11-9-27(10-12-28)42(58)46-24-30-25-52(50-49-30)19-20-62-21-22-63-38(65-43-41(57)40(56)39(55)35(26-53)64-43)23-37(54)45-18-17-44-34-7-3-6-33-32(34)5-4-8-36(33)66(59,60)61;/h3-16,25,35,38-41,43-44,53,55-57H,17-24,26H2,1-2H3,(H,45,54)(H,46,58)(H,59,60,61);/q;+1/p-1/t35-,38?,39+,40+,41-,43-;/m1./s1. The molecule has 4 aromatic carbocycles. The summed E-state index contributed by atoms with van der Waals surface area (Å²) in [4.78, 5) is 27.4. The summed E-state index contributed by atoms with van der Waals surface area (Å²) in [5.74, 6) is -0.850. The first-order valence-corrected chi connectivity index (χ1v) is 22.2. The average molecular weight is 958 g/mol. The summed E-state index contributed by atoms with van der Waals surface area (Å²) in [6, 6.07) is 23.5. The summed E-state index contributed by atoms with van der Waals surface area (Å²) in [7, 11) is -0.799. The van der Waals surface area contributed by atoms with E-state index in [1.807, 2.05) is 43.3 Å². The number of azo groups is 1. The number of carbonyl (C=O) groups is 2. The minimum absolute atomic E-state index is 0. The van der Waals surface area contributed by atoms with Crippen molar-refractivity contribution in [2.24, 2.45) is 10.2 Å². The van der Waals surface area contributed by atoms with Crippen LogP contribution in [0.2, 0.25) is 0 Å². The predicted molar refractivity (Wildman–Crippen MR) is 236 cm³/mol. The largest absolute Gasteiger partial charge is 1.00 e. The van der Waals surface area contributed by atoms with Gasteiger partial charge in [-0.2, -0.15) is 10.2 Å². The molecule has 1 saturated heterocycles. The number of anilines is 2. The Kier molecular flexibility index (Phi) is 20.1. The number of nitrogens with zero attached hydrogens (tertiary/aromatic N) is 6. The maximum absolute atomic E-state index is 13.0. The molecule has 2 amide bonds. The minimum atomic E-state index is -4.71. The molecule has 1 unspecified atom stereocenters. The third kappa shape index (κ3) is 15.3. The number of amides is 2. The van der Waals surface area contributed by atoms with Gasteiger partial charge >= 0.3 is 29.6 Å². The number of carbonyl (C=O) groups excluding carboxylic acids is 2. The Morgan fingerprint density at radius 1 is 0.881 bits per heavy atom. The average Bonchev–Trinajstić information content (AvgIpc) is 3.77. The van der Waals surface area contributed by atoms with Crippen LogP contribution in [0.25, 0.3) is 10.8 Å². The van der Waals surface area contributed by atoms with E-state index in [1.54, 1.807) is 48.7 Å². The molecule has 24 heteroatoms. The molecule has 6 rings (SSSR count). The first-order valence-electron chi connectivity index (χ1n) is 20.8. The van der Waals surface area contributed by atoms with Crippen LogP contribution in [-0.2, 0) is 46.9 Å². The first-order chi connectivity index (χ1) is 31.7. The molecule has 67 heavy (non-hydrogen) atoms. The molecule has 2 heterocycles. The van der Waals surface area contributed by atoms with Crippen LogP contribution >= 0.6 is 0 Å². The predicted octanol–water partition coefficient (Wildman–Crippen LogP) is -1.45. The fourth-order valence-corrected chi connectivity index (χ4v) is 7.36. The molecule has 0 radical (unpaired) electrons. The molecule has 0 saturated carbocycles. The molecular formula is C43H52N9NaO13S. The smallest absolute Gasteiger partial charge is 0.744 e. The van der Waals surface area contributed by atoms with Crippen LogP contribution in [0.4, 0.5) is 22.7 Å². The van der Waals surface area contributed by atoms with Gasteiger partial charge in [0.15, 0.2) is 12.6 Å². The van der Waals surface area contributed by atoms with Crippen molar-refractivity contribution in [3.8, 4) is 0 Å². The summed E-state index contributed by atoms with van der Waals surface area (Å²) in [6.45, 7) is 0.145. The van der Waals surface area contributed by atoms with E-state index >= 15 is 0 Å². The zero-order chi connectivity index (χ0) is 47.2. The number of rotatable bonds is 23. The molecule has 0 bridgehead atoms. The van der Waals surface area contributed by atoms with Gasteiger partial charge in [-0.15, -0.1) is 5.10 Å². The van der Waals surface area contributed by atoms with Gasteiger partial charge in [0.05, 0.1) is 68.4 Å². The van der Waals surface area contributed by atoms with E-state index in [0.29, 0.717) is 40.3 Å². The molecule has 1 aliphatic heterocycles.